The monoisotopic (exact) mass is 310 g/mol. The van der Waals surface area contributed by atoms with E-state index < -0.39 is 10.0 Å². The van der Waals surface area contributed by atoms with Gasteiger partial charge in [0.05, 0.1) is 11.9 Å². The normalized spacial score (nSPS) is 16.8. The molecule has 5 nitrogen and oxygen atoms in total. The molecule has 6 heteroatoms. The summed E-state index contributed by atoms with van der Waals surface area (Å²) in [5.74, 6) is 0.632. The first kappa shape index (κ1) is 15.8. The van der Waals surface area contributed by atoms with Gasteiger partial charge in [-0.05, 0) is 43.4 Å². The molecule has 0 aliphatic carbocycles. The lowest BCUT2D eigenvalue weighted by molar-refractivity contribution is 0.0697. The molecule has 21 heavy (non-hydrogen) atoms. The van der Waals surface area contributed by atoms with E-state index in [-0.39, 0.29) is 5.91 Å². The van der Waals surface area contributed by atoms with Crippen LogP contribution in [0.25, 0.3) is 0 Å². The minimum Gasteiger partial charge on any atom is -0.339 e. The van der Waals surface area contributed by atoms with Gasteiger partial charge in [-0.1, -0.05) is 13.0 Å². The standard InChI is InChI=1S/C15H22N2O3S/c1-11-6-8-17(9-7-11)15(18)13-5-4-12(2)14(10-13)16-21(3,19)20/h4-5,10-11,16H,6-9H2,1-3H3. The average Bonchev–Trinajstić information content (AvgIpc) is 2.40. The number of aryl methyl sites for hydroxylation is 1. The third kappa shape index (κ3) is 4.20. The molecule has 1 aliphatic rings. The van der Waals surface area contributed by atoms with Crippen molar-refractivity contribution in [3.63, 3.8) is 0 Å². The molecule has 1 aromatic carbocycles. The minimum absolute atomic E-state index is 0.0292. The Balaban J connectivity index is 2.20. The second-order valence-corrected chi connectivity index (χ2v) is 7.63. The van der Waals surface area contributed by atoms with E-state index in [0.717, 1.165) is 37.8 Å². The lowest BCUT2D eigenvalue weighted by Gasteiger charge is -2.30. The Hall–Kier alpha value is -1.56. The molecule has 0 aromatic heterocycles. The fourth-order valence-corrected chi connectivity index (χ4v) is 3.08. The lowest BCUT2D eigenvalue weighted by Crippen LogP contribution is -2.37. The van der Waals surface area contributed by atoms with Crippen LogP contribution < -0.4 is 4.72 Å². The highest BCUT2D eigenvalue weighted by Gasteiger charge is 2.22. The van der Waals surface area contributed by atoms with Crippen molar-refractivity contribution >= 4 is 21.6 Å². The van der Waals surface area contributed by atoms with Crippen LogP contribution in [-0.4, -0.2) is 38.6 Å². The van der Waals surface area contributed by atoms with Crippen molar-refractivity contribution in [3.05, 3.63) is 29.3 Å². The third-order valence-corrected chi connectivity index (χ3v) is 4.44. The van der Waals surface area contributed by atoms with Gasteiger partial charge in [0.25, 0.3) is 5.91 Å². The molecule has 1 fully saturated rings. The van der Waals surface area contributed by atoms with Gasteiger partial charge in [0.1, 0.15) is 0 Å². The Labute approximate surface area is 126 Å². The predicted octanol–water partition coefficient (Wildman–Crippen LogP) is 2.24. The Bertz CT molecular complexity index is 632. The number of hydrogen-bond acceptors (Lipinski definition) is 3. The van der Waals surface area contributed by atoms with Gasteiger partial charge in [-0.2, -0.15) is 0 Å². The molecule has 0 atom stereocenters. The number of carbonyl (C=O) groups is 1. The van der Waals surface area contributed by atoms with Gasteiger partial charge < -0.3 is 4.90 Å². The number of anilines is 1. The maximum absolute atomic E-state index is 12.5. The van der Waals surface area contributed by atoms with Crippen molar-refractivity contribution in [2.24, 2.45) is 5.92 Å². The van der Waals surface area contributed by atoms with Crippen molar-refractivity contribution in [2.45, 2.75) is 26.7 Å². The molecule has 0 spiro atoms. The van der Waals surface area contributed by atoms with Crippen LogP contribution in [0.2, 0.25) is 0 Å². The number of nitrogens with zero attached hydrogens (tertiary/aromatic N) is 1. The molecule has 0 saturated carbocycles. The summed E-state index contributed by atoms with van der Waals surface area (Å²) in [5.41, 5.74) is 1.79. The maximum atomic E-state index is 12.5. The largest absolute Gasteiger partial charge is 0.339 e. The fraction of sp³-hybridized carbons (Fsp3) is 0.533. The summed E-state index contributed by atoms with van der Waals surface area (Å²) >= 11 is 0. The SMILES string of the molecule is Cc1ccc(C(=O)N2CCC(C)CC2)cc1NS(C)(=O)=O. The highest BCUT2D eigenvalue weighted by Crippen LogP contribution is 2.22. The minimum atomic E-state index is -3.35. The lowest BCUT2D eigenvalue weighted by atomic mass is 9.98. The Kier molecular flexibility index (Phi) is 4.56. The summed E-state index contributed by atoms with van der Waals surface area (Å²) in [6, 6.07) is 5.15. The third-order valence-electron chi connectivity index (χ3n) is 3.85. The van der Waals surface area contributed by atoms with E-state index in [1.807, 2.05) is 11.8 Å². The zero-order valence-electron chi connectivity index (χ0n) is 12.7. The second-order valence-electron chi connectivity index (χ2n) is 5.88. The zero-order chi connectivity index (χ0) is 15.6. The summed E-state index contributed by atoms with van der Waals surface area (Å²) in [5, 5.41) is 0. The van der Waals surface area contributed by atoms with Crippen LogP contribution >= 0.6 is 0 Å². The summed E-state index contributed by atoms with van der Waals surface area (Å²) in [4.78, 5) is 14.3. The summed E-state index contributed by atoms with van der Waals surface area (Å²) in [6.07, 6.45) is 3.14. The number of carbonyl (C=O) groups excluding carboxylic acids is 1. The quantitative estimate of drug-likeness (QED) is 0.931. The number of likely N-dealkylation sites (tertiary alicyclic amines) is 1. The van der Waals surface area contributed by atoms with Gasteiger partial charge in [0, 0.05) is 18.7 Å². The van der Waals surface area contributed by atoms with Gasteiger partial charge >= 0.3 is 0 Å². The van der Waals surface area contributed by atoms with E-state index >= 15 is 0 Å². The number of rotatable bonds is 3. The van der Waals surface area contributed by atoms with Crippen LogP contribution in [0.5, 0.6) is 0 Å². The Morgan fingerprint density at radius 1 is 1.29 bits per heavy atom. The van der Waals surface area contributed by atoms with E-state index in [2.05, 4.69) is 11.6 Å². The average molecular weight is 310 g/mol. The number of amides is 1. The maximum Gasteiger partial charge on any atom is 0.253 e. The van der Waals surface area contributed by atoms with E-state index in [4.69, 9.17) is 0 Å². The number of hydrogen-bond donors (Lipinski definition) is 1. The van der Waals surface area contributed by atoms with Crippen LogP contribution in [0.15, 0.2) is 18.2 Å². The van der Waals surface area contributed by atoms with Crippen molar-refractivity contribution in [1.29, 1.82) is 0 Å². The van der Waals surface area contributed by atoms with Gasteiger partial charge in [-0.25, -0.2) is 8.42 Å². The first-order valence-corrected chi connectivity index (χ1v) is 9.03. The first-order valence-electron chi connectivity index (χ1n) is 7.14. The van der Waals surface area contributed by atoms with E-state index in [1.165, 1.54) is 0 Å². The van der Waals surface area contributed by atoms with Gasteiger partial charge in [0.2, 0.25) is 10.0 Å². The van der Waals surface area contributed by atoms with E-state index in [1.54, 1.807) is 18.2 Å². The van der Waals surface area contributed by atoms with Crippen LogP contribution in [0.4, 0.5) is 5.69 Å². The topological polar surface area (TPSA) is 66.5 Å². The molecule has 1 amide bonds. The second kappa shape index (κ2) is 6.05. The van der Waals surface area contributed by atoms with Crippen molar-refractivity contribution in [2.75, 3.05) is 24.1 Å². The fourth-order valence-electron chi connectivity index (χ4n) is 2.46. The zero-order valence-corrected chi connectivity index (χ0v) is 13.5. The van der Waals surface area contributed by atoms with Crippen molar-refractivity contribution in [1.82, 2.24) is 4.90 Å². The summed E-state index contributed by atoms with van der Waals surface area (Å²) < 4.78 is 25.2. The van der Waals surface area contributed by atoms with Crippen LogP contribution in [0.1, 0.15) is 35.7 Å². The molecule has 1 N–H and O–H groups in total. The number of sulfonamides is 1. The molecule has 0 bridgehead atoms. The molecular formula is C15H22N2O3S. The highest BCUT2D eigenvalue weighted by molar-refractivity contribution is 7.92. The predicted molar refractivity (Wildman–Crippen MR) is 83.9 cm³/mol. The molecule has 1 aliphatic heterocycles. The summed E-state index contributed by atoms with van der Waals surface area (Å²) in [6.45, 7) is 5.54. The number of piperidine rings is 1. The molecular weight excluding hydrogens is 288 g/mol. The van der Waals surface area contributed by atoms with Gasteiger partial charge in [-0.3, -0.25) is 9.52 Å². The van der Waals surface area contributed by atoms with Crippen LogP contribution in [-0.2, 0) is 10.0 Å². The van der Waals surface area contributed by atoms with Crippen molar-refractivity contribution < 1.29 is 13.2 Å². The van der Waals surface area contributed by atoms with Crippen LogP contribution in [0.3, 0.4) is 0 Å². The number of nitrogens with one attached hydrogen (secondary N) is 1. The first-order chi connectivity index (χ1) is 9.76. The smallest absolute Gasteiger partial charge is 0.253 e. The van der Waals surface area contributed by atoms with Crippen LogP contribution in [0, 0.1) is 12.8 Å². The molecule has 2 rings (SSSR count). The molecule has 0 unspecified atom stereocenters. The molecule has 1 saturated heterocycles. The Morgan fingerprint density at radius 2 is 1.90 bits per heavy atom. The molecule has 1 aromatic rings. The molecule has 1 heterocycles. The van der Waals surface area contributed by atoms with Crippen molar-refractivity contribution in [3.8, 4) is 0 Å². The number of benzene rings is 1. The summed E-state index contributed by atoms with van der Waals surface area (Å²) in [7, 11) is -3.35. The molecule has 116 valence electrons. The highest BCUT2D eigenvalue weighted by atomic mass is 32.2. The van der Waals surface area contributed by atoms with E-state index in [9.17, 15) is 13.2 Å². The van der Waals surface area contributed by atoms with E-state index in [0.29, 0.717) is 17.2 Å². The van der Waals surface area contributed by atoms with Gasteiger partial charge in [-0.15, -0.1) is 0 Å². The molecule has 0 radical (unpaired) electrons. The Morgan fingerprint density at radius 3 is 2.48 bits per heavy atom. The van der Waals surface area contributed by atoms with Gasteiger partial charge in [0.15, 0.2) is 0 Å².